The first kappa shape index (κ1) is 15.0. The minimum atomic E-state index is -3.65. The smallest absolute Gasteiger partial charge is 0.258 e. The van der Waals surface area contributed by atoms with Gasteiger partial charge in [0.15, 0.2) is 0 Å². The molecule has 0 aliphatic carbocycles. The van der Waals surface area contributed by atoms with Gasteiger partial charge in [-0.2, -0.15) is 4.31 Å². The lowest BCUT2D eigenvalue weighted by atomic mass is 10.2. The second-order valence-corrected chi connectivity index (χ2v) is 7.22. The Labute approximate surface area is 132 Å². The van der Waals surface area contributed by atoms with Gasteiger partial charge in [-0.3, -0.25) is 10.1 Å². The lowest BCUT2D eigenvalue weighted by molar-refractivity contribution is -0.384. The van der Waals surface area contributed by atoms with Crippen LogP contribution in [0.5, 0.6) is 0 Å². The van der Waals surface area contributed by atoms with Gasteiger partial charge in [-0.05, 0) is 29.8 Å². The molecule has 0 amide bonds. The third-order valence-electron chi connectivity index (χ3n) is 3.45. The van der Waals surface area contributed by atoms with Crippen molar-refractivity contribution in [2.45, 2.75) is 10.9 Å². The highest BCUT2D eigenvalue weighted by atomic mass is 35.5. The van der Waals surface area contributed by atoms with Gasteiger partial charge in [-0.25, -0.2) is 8.42 Å². The first-order chi connectivity index (χ1) is 10.4. The number of hydrogen-bond acceptors (Lipinski definition) is 4. The van der Waals surface area contributed by atoms with Crippen LogP contribution in [-0.4, -0.2) is 24.2 Å². The topological polar surface area (TPSA) is 80.3 Å². The summed E-state index contributed by atoms with van der Waals surface area (Å²) in [6.45, 7) is 0.375. The molecule has 2 atom stereocenters. The Morgan fingerprint density at radius 3 is 2.45 bits per heavy atom. The summed E-state index contributed by atoms with van der Waals surface area (Å²) in [7, 11) is -3.65. The predicted octanol–water partition coefficient (Wildman–Crippen LogP) is 2.99. The van der Waals surface area contributed by atoms with Gasteiger partial charge >= 0.3 is 0 Å². The average Bonchev–Trinajstić information content (AvgIpc) is 3.28. The lowest BCUT2D eigenvalue weighted by Gasteiger charge is -2.06. The van der Waals surface area contributed by atoms with Crippen molar-refractivity contribution in [1.29, 1.82) is 0 Å². The van der Waals surface area contributed by atoms with E-state index >= 15 is 0 Å². The van der Waals surface area contributed by atoms with Gasteiger partial charge in [0.2, 0.25) is 10.0 Å². The summed E-state index contributed by atoms with van der Waals surface area (Å²) in [5.74, 6) is 0. The number of nitrogens with zero attached hydrogens (tertiary/aromatic N) is 2. The Balaban J connectivity index is 1.84. The van der Waals surface area contributed by atoms with Crippen LogP contribution in [0.2, 0.25) is 5.02 Å². The van der Waals surface area contributed by atoms with Gasteiger partial charge in [0.05, 0.1) is 15.9 Å². The molecule has 2 aromatic carbocycles. The van der Waals surface area contributed by atoms with E-state index in [1.54, 1.807) is 18.2 Å². The fourth-order valence-corrected chi connectivity index (χ4v) is 3.99. The number of hydrogen-bond donors (Lipinski definition) is 0. The van der Waals surface area contributed by atoms with E-state index < -0.39 is 14.9 Å². The molecule has 2 aromatic rings. The second-order valence-electron chi connectivity index (χ2n) is 4.90. The second kappa shape index (κ2) is 5.35. The van der Waals surface area contributed by atoms with Crippen LogP contribution in [0.1, 0.15) is 11.6 Å². The normalized spacial score (nSPS) is 20.6. The van der Waals surface area contributed by atoms with Crippen molar-refractivity contribution in [3.63, 3.8) is 0 Å². The monoisotopic (exact) mass is 338 g/mol. The molecule has 0 bridgehead atoms. The Morgan fingerprint density at radius 1 is 1.18 bits per heavy atom. The molecule has 0 saturated carbocycles. The van der Waals surface area contributed by atoms with Gasteiger partial charge in [0.25, 0.3) is 5.69 Å². The minimum absolute atomic E-state index is 0.0441. The maximum Gasteiger partial charge on any atom is 0.269 e. The van der Waals surface area contributed by atoms with Crippen molar-refractivity contribution in [3.8, 4) is 0 Å². The maximum absolute atomic E-state index is 12.5. The van der Waals surface area contributed by atoms with Crippen LogP contribution in [-0.2, 0) is 10.0 Å². The molecule has 0 radical (unpaired) electrons. The summed E-state index contributed by atoms with van der Waals surface area (Å²) in [5.41, 5.74) is 0.689. The third kappa shape index (κ3) is 2.70. The van der Waals surface area contributed by atoms with Crippen LogP contribution in [0, 0.1) is 10.1 Å². The van der Waals surface area contributed by atoms with Crippen LogP contribution in [0.3, 0.4) is 0 Å². The minimum Gasteiger partial charge on any atom is -0.258 e. The molecule has 1 unspecified atom stereocenters. The van der Waals surface area contributed by atoms with Crippen molar-refractivity contribution < 1.29 is 13.3 Å². The standard InChI is InChI=1S/C14H11ClN2O4S/c15-11-3-1-2-10(8-11)14-9-16(14)22(20,21)13-6-4-12(5-7-13)17(18)19/h1-8,14H,9H2/t14-,16?/m1/s1. The highest BCUT2D eigenvalue weighted by Crippen LogP contribution is 2.40. The Morgan fingerprint density at radius 2 is 1.86 bits per heavy atom. The average molecular weight is 339 g/mol. The summed E-state index contributed by atoms with van der Waals surface area (Å²) in [5, 5.41) is 11.2. The van der Waals surface area contributed by atoms with Gasteiger partial charge < -0.3 is 0 Å². The van der Waals surface area contributed by atoms with Crippen LogP contribution >= 0.6 is 11.6 Å². The zero-order valence-electron chi connectivity index (χ0n) is 11.2. The molecule has 1 aliphatic rings. The molecular weight excluding hydrogens is 328 g/mol. The number of non-ortho nitro benzene ring substituents is 1. The molecule has 6 nitrogen and oxygen atoms in total. The molecule has 0 spiro atoms. The van der Waals surface area contributed by atoms with Crippen molar-refractivity contribution in [3.05, 3.63) is 69.2 Å². The van der Waals surface area contributed by atoms with Crippen molar-refractivity contribution in [1.82, 2.24) is 4.31 Å². The SMILES string of the molecule is O=[N+]([O-])c1ccc(S(=O)(=O)N2C[C@@H]2c2cccc(Cl)c2)cc1. The third-order valence-corrected chi connectivity index (χ3v) is 5.58. The molecule has 8 heteroatoms. The number of halogens is 1. The molecule has 3 rings (SSSR count). The number of benzene rings is 2. The van der Waals surface area contributed by atoms with Crippen LogP contribution < -0.4 is 0 Å². The van der Waals surface area contributed by atoms with Crippen LogP contribution in [0.25, 0.3) is 0 Å². The van der Waals surface area contributed by atoms with Gasteiger partial charge in [0.1, 0.15) is 0 Å². The largest absolute Gasteiger partial charge is 0.269 e. The van der Waals surface area contributed by atoms with Crippen LogP contribution in [0.15, 0.2) is 53.4 Å². The highest BCUT2D eigenvalue weighted by Gasteiger charge is 2.45. The Kier molecular flexibility index (Phi) is 3.64. The molecular formula is C14H11ClN2O4S. The van der Waals surface area contributed by atoms with E-state index in [0.717, 1.165) is 5.56 Å². The summed E-state index contributed by atoms with van der Waals surface area (Å²) < 4.78 is 26.3. The van der Waals surface area contributed by atoms with Crippen molar-refractivity contribution in [2.24, 2.45) is 0 Å². The molecule has 1 saturated heterocycles. The molecule has 0 aromatic heterocycles. The molecule has 22 heavy (non-hydrogen) atoms. The zero-order chi connectivity index (χ0) is 15.9. The first-order valence-electron chi connectivity index (χ1n) is 6.41. The van der Waals surface area contributed by atoms with E-state index in [1.807, 2.05) is 6.07 Å². The molecule has 1 aliphatic heterocycles. The molecule has 1 fully saturated rings. The summed E-state index contributed by atoms with van der Waals surface area (Å²) in [6, 6.07) is 11.7. The van der Waals surface area contributed by atoms with E-state index in [1.165, 1.54) is 28.6 Å². The Hall–Kier alpha value is -1.96. The fraction of sp³-hybridized carbons (Fsp3) is 0.143. The number of nitro groups is 1. The van der Waals surface area contributed by atoms with E-state index in [2.05, 4.69) is 0 Å². The summed E-state index contributed by atoms with van der Waals surface area (Å²) in [6.07, 6.45) is 0. The van der Waals surface area contributed by atoms with Gasteiger partial charge in [-0.15, -0.1) is 0 Å². The Bertz CT molecular complexity index is 836. The van der Waals surface area contributed by atoms with Crippen molar-refractivity contribution >= 4 is 27.3 Å². The number of rotatable bonds is 4. The van der Waals surface area contributed by atoms with Gasteiger partial charge in [-0.1, -0.05) is 23.7 Å². The van der Waals surface area contributed by atoms with Gasteiger partial charge in [0, 0.05) is 23.7 Å². The zero-order valence-corrected chi connectivity index (χ0v) is 12.8. The quantitative estimate of drug-likeness (QED) is 0.487. The summed E-state index contributed by atoms with van der Waals surface area (Å²) >= 11 is 5.91. The van der Waals surface area contributed by atoms with E-state index in [4.69, 9.17) is 11.6 Å². The predicted molar refractivity (Wildman–Crippen MR) is 81.2 cm³/mol. The summed E-state index contributed by atoms with van der Waals surface area (Å²) in [4.78, 5) is 10.1. The molecule has 1 heterocycles. The number of sulfonamides is 1. The van der Waals surface area contributed by atoms with E-state index in [9.17, 15) is 18.5 Å². The maximum atomic E-state index is 12.5. The lowest BCUT2D eigenvalue weighted by Crippen LogP contribution is -2.12. The van der Waals surface area contributed by atoms with Crippen LogP contribution in [0.4, 0.5) is 5.69 Å². The van der Waals surface area contributed by atoms with E-state index in [0.29, 0.717) is 11.6 Å². The molecule has 114 valence electrons. The van der Waals surface area contributed by atoms with Crippen molar-refractivity contribution in [2.75, 3.05) is 6.54 Å². The fourth-order valence-electron chi connectivity index (χ4n) is 2.25. The van der Waals surface area contributed by atoms with E-state index in [-0.39, 0.29) is 16.6 Å². The highest BCUT2D eigenvalue weighted by molar-refractivity contribution is 7.89. The first-order valence-corrected chi connectivity index (χ1v) is 8.23. The molecule has 0 N–H and O–H groups in total. The number of nitro benzene ring substituents is 1.